The summed E-state index contributed by atoms with van der Waals surface area (Å²) in [4.78, 5) is 2.60. The van der Waals surface area contributed by atoms with Gasteiger partial charge < -0.3 is 15.0 Å². The van der Waals surface area contributed by atoms with Gasteiger partial charge in [0, 0.05) is 18.8 Å². The van der Waals surface area contributed by atoms with Crippen molar-refractivity contribution in [2.45, 2.75) is 44.4 Å². The average molecular weight is 260 g/mol. The molecule has 0 radical (unpaired) electrons. The molecule has 1 aromatic rings. The lowest BCUT2D eigenvalue weighted by Crippen LogP contribution is -2.53. The number of hydrogen-bond donors (Lipinski definition) is 1. The molecule has 1 heterocycles. The normalized spacial score (nSPS) is 27.1. The molecule has 2 atom stereocenters. The number of benzene rings is 1. The van der Waals surface area contributed by atoms with Crippen LogP contribution in [0, 0.1) is 0 Å². The summed E-state index contributed by atoms with van der Waals surface area (Å²) in [5.41, 5.74) is 2.80. The summed E-state index contributed by atoms with van der Waals surface area (Å²) in [5, 5.41) is 3.28. The summed E-state index contributed by atoms with van der Waals surface area (Å²) in [6, 6.07) is 9.38. The molecule has 1 aliphatic heterocycles. The van der Waals surface area contributed by atoms with E-state index in [0.29, 0.717) is 12.1 Å². The maximum Gasteiger partial charge on any atom is 0.0779 e. The van der Waals surface area contributed by atoms with E-state index in [1.165, 1.54) is 36.9 Å². The SMILES string of the molecule is CNCc1ccccc1N1CCOC2CCCCC21. The van der Waals surface area contributed by atoms with Crippen LogP contribution in [0.2, 0.25) is 0 Å². The van der Waals surface area contributed by atoms with Crippen molar-refractivity contribution in [1.29, 1.82) is 0 Å². The van der Waals surface area contributed by atoms with Gasteiger partial charge in [-0.3, -0.25) is 0 Å². The third-order valence-corrected chi connectivity index (χ3v) is 4.40. The van der Waals surface area contributed by atoms with E-state index in [4.69, 9.17) is 4.74 Å². The predicted octanol–water partition coefficient (Wildman–Crippen LogP) is 2.55. The van der Waals surface area contributed by atoms with E-state index in [1.54, 1.807) is 0 Å². The zero-order valence-electron chi connectivity index (χ0n) is 11.8. The minimum atomic E-state index is 0.449. The standard InChI is InChI=1S/C16H24N2O/c1-17-12-13-6-2-3-7-14(13)18-10-11-19-16-9-5-4-8-15(16)18/h2-3,6-7,15-17H,4-5,8-12H2,1H3. The summed E-state index contributed by atoms with van der Waals surface area (Å²) >= 11 is 0. The van der Waals surface area contributed by atoms with Crippen LogP contribution in [0.3, 0.4) is 0 Å². The first-order chi connectivity index (χ1) is 9.40. The molecule has 0 amide bonds. The highest BCUT2D eigenvalue weighted by molar-refractivity contribution is 5.55. The number of fused-ring (bicyclic) bond motifs is 1. The van der Waals surface area contributed by atoms with Crippen LogP contribution in [-0.2, 0) is 11.3 Å². The minimum Gasteiger partial charge on any atom is -0.374 e. The molecule has 0 spiro atoms. The van der Waals surface area contributed by atoms with Crippen molar-refractivity contribution in [3.8, 4) is 0 Å². The van der Waals surface area contributed by atoms with Gasteiger partial charge in [0.15, 0.2) is 0 Å². The van der Waals surface area contributed by atoms with Gasteiger partial charge >= 0.3 is 0 Å². The lowest BCUT2D eigenvalue weighted by molar-refractivity contribution is -0.00873. The van der Waals surface area contributed by atoms with Crippen LogP contribution in [-0.4, -0.2) is 32.3 Å². The van der Waals surface area contributed by atoms with Crippen molar-refractivity contribution in [2.24, 2.45) is 0 Å². The smallest absolute Gasteiger partial charge is 0.0779 e. The fourth-order valence-electron chi connectivity index (χ4n) is 3.53. The fourth-order valence-corrected chi connectivity index (χ4v) is 3.53. The van der Waals surface area contributed by atoms with Crippen molar-refractivity contribution < 1.29 is 4.74 Å². The molecule has 2 aliphatic rings. The Kier molecular flexibility index (Phi) is 4.04. The first kappa shape index (κ1) is 12.9. The van der Waals surface area contributed by atoms with Crippen LogP contribution in [0.15, 0.2) is 24.3 Å². The summed E-state index contributed by atoms with van der Waals surface area (Å²) in [7, 11) is 2.01. The maximum absolute atomic E-state index is 5.98. The maximum atomic E-state index is 5.98. The van der Waals surface area contributed by atoms with Crippen LogP contribution >= 0.6 is 0 Å². The molecule has 0 aromatic heterocycles. The number of anilines is 1. The van der Waals surface area contributed by atoms with Crippen molar-refractivity contribution in [1.82, 2.24) is 5.32 Å². The van der Waals surface area contributed by atoms with Gasteiger partial charge in [-0.2, -0.15) is 0 Å². The molecule has 104 valence electrons. The Bertz CT molecular complexity index is 419. The Balaban J connectivity index is 1.87. The lowest BCUT2D eigenvalue weighted by atomic mass is 9.89. The molecular formula is C16H24N2O. The quantitative estimate of drug-likeness (QED) is 0.904. The van der Waals surface area contributed by atoms with Crippen molar-refractivity contribution in [2.75, 3.05) is 25.1 Å². The molecule has 2 fully saturated rings. The van der Waals surface area contributed by atoms with Gasteiger partial charge in [-0.05, 0) is 31.5 Å². The molecular weight excluding hydrogens is 236 g/mol. The van der Waals surface area contributed by atoms with E-state index >= 15 is 0 Å². The first-order valence-electron chi connectivity index (χ1n) is 7.51. The number of para-hydroxylation sites is 1. The second-order valence-corrected chi connectivity index (χ2v) is 5.61. The highest BCUT2D eigenvalue weighted by Crippen LogP contribution is 2.33. The number of morpholine rings is 1. The van der Waals surface area contributed by atoms with Crippen molar-refractivity contribution in [3.63, 3.8) is 0 Å². The second-order valence-electron chi connectivity index (χ2n) is 5.61. The lowest BCUT2D eigenvalue weighted by Gasteiger charge is -2.45. The summed E-state index contributed by atoms with van der Waals surface area (Å²) in [5.74, 6) is 0. The second kappa shape index (κ2) is 5.93. The minimum absolute atomic E-state index is 0.449. The van der Waals surface area contributed by atoms with Crippen molar-refractivity contribution >= 4 is 5.69 Å². The van der Waals surface area contributed by atoms with Gasteiger partial charge in [0.2, 0.25) is 0 Å². The largest absolute Gasteiger partial charge is 0.374 e. The Hall–Kier alpha value is -1.06. The topological polar surface area (TPSA) is 24.5 Å². The Morgan fingerprint density at radius 3 is 3.00 bits per heavy atom. The van der Waals surface area contributed by atoms with Gasteiger partial charge in [-0.1, -0.05) is 31.0 Å². The molecule has 1 N–H and O–H groups in total. The van der Waals surface area contributed by atoms with E-state index in [9.17, 15) is 0 Å². The molecule has 2 unspecified atom stereocenters. The monoisotopic (exact) mass is 260 g/mol. The third kappa shape index (κ3) is 2.63. The number of nitrogens with zero attached hydrogens (tertiary/aromatic N) is 1. The molecule has 3 rings (SSSR count). The van der Waals surface area contributed by atoms with E-state index in [1.807, 2.05) is 7.05 Å². The molecule has 1 aliphatic carbocycles. The van der Waals surface area contributed by atoms with Crippen LogP contribution in [0.25, 0.3) is 0 Å². The van der Waals surface area contributed by atoms with Gasteiger partial charge in [-0.15, -0.1) is 0 Å². The van der Waals surface area contributed by atoms with Gasteiger partial charge in [0.25, 0.3) is 0 Å². The van der Waals surface area contributed by atoms with Gasteiger partial charge in [-0.25, -0.2) is 0 Å². The summed E-state index contributed by atoms with van der Waals surface area (Å²) in [6.07, 6.45) is 5.63. The Morgan fingerprint density at radius 2 is 2.11 bits per heavy atom. The highest BCUT2D eigenvalue weighted by Gasteiger charge is 2.34. The number of rotatable bonds is 3. The van der Waals surface area contributed by atoms with Gasteiger partial charge in [0.05, 0.1) is 18.8 Å². The highest BCUT2D eigenvalue weighted by atomic mass is 16.5. The van der Waals surface area contributed by atoms with E-state index < -0.39 is 0 Å². The van der Waals surface area contributed by atoms with Gasteiger partial charge in [0.1, 0.15) is 0 Å². The predicted molar refractivity (Wildman–Crippen MR) is 78.5 cm³/mol. The molecule has 1 saturated heterocycles. The Morgan fingerprint density at radius 1 is 1.26 bits per heavy atom. The molecule has 1 aromatic carbocycles. The molecule has 19 heavy (non-hydrogen) atoms. The Labute approximate surface area is 115 Å². The van der Waals surface area contributed by atoms with Crippen LogP contribution in [0.4, 0.5) is 5.69 Å². The molecule has 3 nitrogen and oxygen atoms in total. The first-order valence-corrected chi connectivity index (χ1v) is 7.51. The van der Waals surface area contributed by atoms with Crippen LogP contribution in [0.1, 0.15) is 31.2 Å². The summed E-state index contributed by atoms with van der Waals surface area (Å²) in [6.45, 7) is 2.84. The van der Waals surface area contributed by atoms with Crippen LogP contribution in [0.5, 0.6) is 0 Å². The molecule has 0 bridgehead atoms. The van der Waals surface area contributed by atoms with E-state index in [-0.39, 0.29) is 0 Å². The number of ether oxygens (including phenoxy) is 1. The van der Waals surface area contributed by atoms with E-state index in [0.717, 1.165) is 19.7 Å². The average Bonchev–Trinajstić information content (AvgIpc) is 2.48. The molecule has 3 heteroatoms. The van der Waals surface area contributed by atoms with E-state index in [2.05, 4.69) is 34.5 Å². The zero-order valence-corrected chi connectivity index (χ0v) is 11.8. The molecule has 1 saturated carbocycles. The number of nitrogens with one attached hydrogen (secondary N) is 1. The third-order valence-electron chi connectivity index (χ3n) is 4.40. The summed E-state index contributed by atoms with van der Waals surface area (Å²) < 4.78 is 5.98. The van der Waals surface area contributed by atoms with Crippen LogP contribution < -0.4 is 10.2 Å². The fraction of sp³-hybridized carbons (Fsp3) is 0.625. The van der Waals surface area contributed by atoms with Crippen molar-refractivity contribution in [3.05, 3.63) is 29.8 Å². The zero-order chi connectivity index (χ0) is 13.1. The number of hydrogen-bond acceptors (Lipinski definition) is 3.